The molecule has 0 saturated carbocycles. The molecule has 1 fully saturated rings. The highest BCUT2D eigenvalue weighted by Gasteiger charge is 2.22. The van der Waals surface area contributed by atoms with Crippen LogP contribution in [0.15, 0.2) is 59.8 Å². The number of nitrogen functional groups attached to an aromatic ring is 1. The monoisotopic (exact) mass is 456 g/mol. The molecule has 174 valence electrons. The van der Waals surface area contributed by atoms with E-state index in [1.165, 1.54) is 6.20 Å². The molecule has 0 unspecified atom stereocenters. The summed E-state index contributed by atoms with van der Waals surface area (Å²) in [5, 5.41) is 6.84. The Bertz CT molecular complexity index is 1390. The fraction of sp³-hybridized carbons (Fsp3) is 0.280. The summed E-state index contributed by atoms with van der Waals surface area (Å²) in [5.74, 6) is 1.27. The Balaban J connectivity index is 1.46. The molecule has 3 aromatic heterocycles. The predicted octanol–water partition coefficient (Wildman–Crippen LogP) is 3.00. The maximum Gasteiger partial charge on any atom is 0.274 e. The van der Waals surface area contributed by atoms with Crippen molar-refractivity contribution >= 4 is 34.0 Å². The Morgan fingerprint density at radius 2 is 1.65 bits per heavy atom. The average molecular weight is 457 g/mol. The van der Waals surface area contributed by atoms with Crippen molar-refractivity contribution in [3.63, 3.8) is 0 Å². The van der Waals surface area contributed by atoms with E-state index in [9.17, 15) is 4.79 Å². The number of fused-ring (bicyclic) bond motifs is 1. The quantitative estimate of drug-likeness (QED) is 0.402. The van der Waals surface area contributed by atoms with E-state index in [4.69, 9.17) is 5.73 Å². The number of hydrogen-bond acceptors (Lipinski definition) is 8. The van der Waals surface area contributed by atoms with Gasteiger partial charge in [-0.15, -0.1) is 0 Å². The van der Waals surface area contributed by atoms with Gasteiger partial charge in [0.05, 0.1) is 29.8 Å². The van der Waals surface area contributed by atoms with Crippen LogP contribution in [0.5, 0.6) is 0 Å². The largest absolute Gasteiger partial charge is 0.399 e. The number of hydrogen-bond donors (Lipinski definition) is 3. The molecule has 4 aromatic rings. The molecule has 2 atom stereocenters. The molecule has 4 N–H and O–H groups in total. The maximum absolute atomic E-state index is 12.7. The fourth-order valence-corrected chi connectivity index (χ4v) is 4.58. The summed E-state index contributed by atoms with van der Waals surface area (Å²) in [5.41, 5.74) is 10.5. The first-order chi connectivity index (χ1) is 16.4. The van der Waals surface area contributed by atoms with Crippen molar-refractivity contribution in [2.24, 2.45) is 0 Å². The van der Waals surface area contributed by atoms with Gasteiger partial charge in [0.25, 0.3) is 5.56 Å². The minimum absolute atomic E-state index is 0.229. The van der Waals surface area contributed by atoms with Crippen molar-refractivity contribution in [2.75, 3.05) is 29.0 Å². The van der Waals surface area contributed by atoms with Crippen LogP contribution in [-0.2, 0) is 0 Å². The van der Waals surface area contributed by atoms with Gasteiger partial charge in [0, 0.05) is 42.6 Å². The molecule has 0 amide bonds. The highest BCUT2D eigenvalue weighted by molar-refractivity contribution is 5.79. The second kappa shape index (κ2) is 8.75. The summed E-state index contributed by atoms with van der Waals surface area (Å²) in [6.07, 6.45) is 4.86. The van der Waals surface area contributed by atoms with Crippen molar-refractivity contribution in [2.45, 2.75) is 32.9 Å². The van der Waals surface area contributed by atoms with Gasteiger partial charge in [-0.05, 0) is 56.7 Å². The molecule has 5 rings (SSSR count). The smallest absolute Gasteiger partial charge is 0.274 e. The first kappa shape index (κ1) is 21.8. The lowest BCUT2D eigenvalue weighted by molar-refractivity contribution is 0.406. The summed E-state index contributed by atoms with van der Waals surface area (Å²) in [7, 11) is 0. The number of anilines is 4. The van der Waals surface area contributed by atoms with E-state index >= 15 is 0 Å². The van der Waals surface area contributed by atoms with Gasteiger partial charge in [0.2, 0.25) is 0 Å². The molecule has 0 bridgehead atoms. The van der Waals surface area contributed by atoms with Gasteiger partial charge in [-0.1, -0.05) is 0 Å². The third-order valence-corrected chi connectivity index (χ3v) is 6.03. The summed E-state index contributed by atoms with van der Waals surface area (Å²) in [6, 6.07) is 11.8. The summed E-state index contributed by atoms with van der Waals surface area (Å²) in [6.45, 7) is 8.39. The second-order valence-electron chi connectivity index (χ2n) is 8.94. The predicted molar refractivity (Wildman–Crippen MR) is 136 cm³/mol. The number of nitrogens with two attached hydrogens (primary N) is 1. The van der Waals surface area contributed by atoms with E-state index < -0.39 is 0 Å². The van der Waals surface area contributed by atoms with Crippen molar-refractivity contribution in [1.29, 1.82) is 0 Å². The summed E-state index contributed by atoms with van der Waals surface area (Å²) in [4.78, 5) is 28.4. The minimum Gasteiger partial charge on any atom is -0.399 e. The van der Waals surface area contributed by atoms with Gasteiger partial charge in [-0.3, -0.25) is 9.36 Å². The van der Waals surface area contributed by atoms with Gasteiger partial charge in [-0.25, -0.2) is 15.0 Å². The number of nitrogens with zero attached hydrogens (tertiary/aromatic N) is 5. The lowest BCUT2D eigenvalue weighted by atomic mass is 10.1. The molecular formula is C25H28N8O. The van der Waals surface area contributed by atoms with Crippen LogP contribution >= 0.6 is 0 Å². The van der Waals surface area contributed by atoms with Crippen LogP contribution in [0.3, 0.4) is 0 Å². The van der Waals surface area contributed by atoms with Crippen molar-refractivity contribution in [3.05, 3.63) is 70.9 Å². The van der Waals surface area contributed by atoms with Gasteiger partial charge in [0.15, 0.2) is 0 Å². The Morgan fingerprint density at radius 1 is 0.971 bits per heavy atom. The highest BCUT2D eigenvalue weighted by atomic mass is 16.1. The number of benzene rings is 1. The lowest BCUT2D eigenvalue weighted by Crippen LogP contribution is -2.54. The number of piperazine rings is 1. The third kappa shape index (κ3) is 4.29. The van der Waals surface area contributed by atoms with Crippen molar-refractivity contribution in [3.8, 4) is 5.69 Å². The number of aromatic nitrogens is 4. The fourth-order valence-electron chi connectivity index (χ4n) is 4.58. The molecule has 4 heterocycles. The topological polar surface area (TPSA) is 114 Å². The normalized spacial score (nSPS) is 18.3. The van der Waals surface area contributed by atoms with Crippen molar-refractivity contribution in [1.82, 2.24) is 24.8 Å². The molecule has 1 aromatic carbocycles. The van der Waals surface area contributed by atoms with Crippen LogP contribution in [0.1, 0.15) is 19.4 Å². The van der Waals surface area contributed by atoms with Gasteiger partial charge in [0.1, 0.15) is 17.2 Å². The van der Waals surface area contributed by atoms with E-state index in [2.05, 4.69) is 51.3 Å². The summed E-state index contributed by atoms with van der Waals surface area (Å²) >= 11 is 0. The Labute approximate surface area is 197 Å². The van der Waals surface area contributed by atoms with Crippen LogP contribution in [-0.4, -0.2) is 44.7 Å². The lowest BCUT2D eigenvalue weighted by Gasteiger charge is -2.38. The van der Waals surface area contributed by atoms with Crippen LogP contribution < -0.4 is 26.8 Å². The average Bonchev–Trinajstić information content (AvgIpc) is 2.79. The number of aryl methyl sites for hydroxylation is 1. The zero-order chi connectivity index (χ0) is 23.8. The van der Waals surface area contributed by atoms with Crippen molar-refractivity contribution < 1.29 is 0 Å². The first-order valence-corrected chi connectivity index (χ1v) is 11.4. The molecule has 1 aliphatic rings. The molecule has 0 spiro atoms. The molecule has 9 heteroatoms. The molecule has 1 saturated heterocycles. The van der Waals surface area contributed by atoms with Crippen LogP contribution in [0.25, 0.3) is 16.7 Å². The molecule has 34 heavy (non-hydrogen) atoms. The Hall–Kier alpha value is -3.98. The molecule has 0 aliphatic carbocycles. The zero-order valence-electron chi connectivity index (χ0n) is 19.5. The molecule has 9 nitrogen and oxygen atoms in total. The molecular weight excluding hydrogens is 428 g/mol. The number of rotatable bonds is 4. The van der Waals surface area contributed by atoms with Gasteiger partial charge < -0.3 is 21.3 Å². The van der Waals surface area contributed by atoms with E-state index in [0.717, 1.165) is 24.3 Å². The number of pyridine rings is 2. The minimum atomic E-state index is -0.229. The van der Waals surface area contributed by atoms with Crippen LogP contribution in [0, 0.1) is 6.92 Å². The molecule has 1 aliphatic heterocycles. The molecule has 0 radical (unpaired) electrons. The number of nitrogens with one attached hydrogen (secondary N) is 2. The first-order valence-electron chi connectivity index (χ1n) is 11.4. The highest BCUT2D eigenvalue weighted by Crippen LogP contribution is 2.26. The van der Waals surface area contributed by atoms with Crippen LogP contribution in [0.2, 0.25) is 0 Å². The van der Waals surface area contributed by atoms with E-state index in [0.29, 0.717) is 46.1 Å². The Kier molecular flexibility index (Phi) is 5.62. The van der Waals surface area contributed by atoms with Gasteiger partial charge in [-0.2, -0.15) is 0 Å². The third-order valence-electron chi connectivity index (χ3n) is 6.03. The van der Waals surface area contributed by atoms with E-state index in [-0.39, 0.29) is 5.56 Å². The van der Waals surface area contributed by atoms with E-state index in [1.807, 2.05) is 30.5 Å². The van der Waals surface area contributed by atoms with Crippen LogP contribution in [0.4, 0.5) is 23.0 Å². The summed E-state index contributed by atoms with van der Waals surface area (Å²) < 4.78 is 1.60. The Morgan fingerprint density at radius 3 is 2.35 bits per heavy atom. The SMILES string of the molecule is Cc1cc(Nc2cc3c(cn2)ncc(=O)n3-c2ccc(N)cc2)ncc1N1C[C@@H](C)N[C@@H](C)C1. The second-order valence-corrected chi connectivity index (χ2v) is 8.94. The maximum atomic E-state index is 12.7. The zero-order valence-corrected chi connectivity index (χ0v) is 19.5. The van der Waals surface area contributed by atoms with Gasteiger partial charge >= 0.3 is 0 Å². The standard InChI is InChI=1S/C25H28N8O/c1-15-8-23(29-11-22(15)32-13-16(2)30-17(3)14-32)31-24-9-21-20(10-28-24)27-12-25(34)33(21)19-6-4-18(26)5-7-19/h4-12,16-17,30H,13-14,26H2,1-3H3,(H,28,29,31)/t16-,17+. The van der Waals surface area contributed by atoms with E-state index in [1.54, 1.807) is 22.9 Å².